The molecule has 0 radical (unpaired) electrons. The molecule has 0 aliphatic carbocycles. The fraction of sp³-hybridized carbons (Fsp3) is 0.0625. The van der Waals surface area contributed by atoms with E-state index in [1.807, 2.05) is 0 Å². The lowest BCUT2D eigenvalue weighted by Gasteiger charge is -2.11. The third kappa shape index (κ3) is 4.33. The molecular formula is C16H14ClFN2O3S. The Morgan fingerprint density at radius 3 is 2.50 bits per heavy atom. The monoisotopic (exact) mass is 368 g/mol. The van der Waals surface area contributed by atoms with Crippen LogP contribution in [0.4, 0.5) is 10.1 Å². The van der Waals surface area contributed by atoms with Gasteiger partial charge in [0, 0.05) is 12.1 Å². The predicted octanol–water partition coefficient (Wildman–Crippen LogP) is 3.20. The Kier molecular flexibility index (Phi) is 5.58. The first kappa shape index (κ1) is 18.0. The van der Waals surface area contributed by atoms with Crippen LogP contribution in [0.2, 0.25) is 5.02 Å². The number of benzene rings is 2. The van der Waals surface area contributed by atoms with Crippen molar-refractivity contribution < 1.29 is 17.6 Å². The fourth-order valence-corrected chi connectivity index (χ4v) is 3.12. The average Bonchev–Trinajstić information content (AvgIpc) is 2.55. The van der Waals surface area contributed by atoms with Crippen molar-refractivity contribution in [1.29, 1.82) is 0 Å². The highest BCUT2D eigenvalue weighted by atomic mass is 35.5. The lowest BCUT2D eigenvalue weighted by molar-refractivity contribution is 0.0958. The summed E-state index contributed by atoms with van der Waals surface area (Å²) >= 11 is 5.99. The average molecular weight is 369 g/mol. The third-order valence-electron chi connectivity index (χ3n) is 3.00. The summed E-state index contributed by atoms with van der Waals surface area (Å²) in [4.78, 5) is 11.8. The van der Waals surface area contributed by atoms with Crippen molar-refractivity contribution in [3.63, 3.8) is 0 Å². The summed E-state index contributed by atoms with van der Waals surface area (Å²) in [7, 11) is -3.96. The van der Waals surface area contributed by atoms with Crippen LogP contribution in [0.15, 0.2) is 60.0 Å². The SMILES string of the molecule is C=CCNC(=O)c1ccc(Cl)c(NS(=O)(=O)c2ccc(F)cc2)c1. The van der Waals surface area contributed by atoms with Gasteiger partial charge >= 0.3 is 0 Å². The molecule has 0 atom stereocenters. The number of halogens is 2. The van der Waals surface area contributed by atoms with Crippen LogP contribution in [0.1, 0.15) is 10.4 Å². The minimum absolute atomic E-state index is 0.0484. The zero-order valence-corrected chi connectivity index (χ0v) is 14.0. The molecule has 0 saturated carbocycles. The molecule has 2 N–H and O–H groups in total. The molecule has 0 aromatic heterocycles. The van der Waals surface area contributed by atoms with Crippen LogP contribution in [0.3, 0.4) is 0 Å². The van der Waals surface area contributed by atoms with Gasteiger partial charge in [-0.2, -0.15) is 0 Å². The van der Waals surface area contributed by atoms with E-state index in [0.717, 1.165) is 24.3 Å². The number of sulfonamides is 1. The number of anilines is 1. The van der Waals surface area contributed by atoms with E-state index in [1.165, 1.54) is 24.3 Å². The molecule has 2 aromatic rings. The molecule has 5 nitrogen and oxygen atoms in total. The largest absolute Gasteiger partial charge is 0.349 e. The number of carbonyl (C=O) groups excluding carboxylic acids is 1. The topological polar surface area (TPSA) is 75.3 Å². The lowest BCUT2D eigenvalue weighted by atomic mass is 10.2. The predicted molar refractivity (Wildman–Crippen MR) is 91.2 cm³/mol. The van der Waals surface area contributed by atoms with Gasteiger partial charge in [-0.25, -0.2) is 12.8 Å². The maximum Gasteiger partial charge on any atom is 0.261 e. The van der Waals surface area contributed by atoms with E-state index in [4.69, 9.17) is 11.6 Å². The van der Waals surface area contributed by atoms with Crippen molar-refractivity contribution in [2.24, 2.45) is 0 Å². The molecule has 0 aliphatic heterocycles. The van der Waals surface area contributed by atoms with Crippen molar-refractivity contribution in [2.75, 3.05) is 11.3 Å². The van der Waals surface area contributed by atoms with Crippen molar-refractivity contribution >= 4 is 33.2 Å². The van der Waals surface area contributed by atoms with E-state index < -0.39 is 21.7 Å². The number of hydrogen-bond acceptors (Lipinski definition) is 3. The summed E-state index contributed by atoms with van der Waals surface area (Å²) < 4.78 is 39.8. The molecule has 8 heteroatoms. The summed E-state index contributed by atoms with van der Waals surface area (Å²) in [6.45, 7) is 3.77. The first-order chi connectivity index (χ1) is 11.3. The summed E-state index contributed by atoms with van der Waals surface area (Å²) in [6.07, 6.45) is 1.52. The number of carbonyl (C=O) groups is 1. The lowest BCUT2D eigenvalue weighted by Crippen LogP contribution is -2.23. The van der Waals surface area contributed by atoms with Crippen LogP contribution in [-0.4, -0.2) is 20.9 Å². The molecule has 1 amide bonds. The van der Waals surface area contributed by atoms with Crippen molar-refractivity contribution in [3.8, 4) is 0 Å². The Bertz CT molecular complexity index is 867. The summed E-state index contributed by atoms with van der Waals surface area (Å²) in [5.74, 6) is -0.943. The van der Waals surface area contributed by atoms with E-state index in [9.17, 15) is 17.6 Å². The van der Waals surface area contributed by atoms with Gasteiger partial charge in [-0.3, -0.25) is 9.52 Å². The van der Waals surface area contributed by atoms with Gasteiger partial charge in [0.05, 0.1) is 15.6 Å². The van der Waals surface area contributed by atoms with Crippen LogP contribution < -0.4 is 10.0 Å². The maximum absolute atomic E-state index is 12.9. The Balaban J connectivity index is 2.29. The second kappa shape index (κ2) is 7.46. The van der Waals surface area contributed by atoms with Crippen LogP contribution in [0, 0.1) is 5.82 Å². The molecule has 0 bridgehead atoms. The van der Waals surface area contributed by atoms with Crippen molar-refractivity contribution in [1.82, 2.24) is 5.32 Å². The highest BCUT2D eigenvalue weighted by Crippen LogP contribution is 2.26. The zero-order valence-electron chi connectivity index (χ0n) is 12.4. The normalized spacial score (nSPS) is 10.9. The molecular weight excluding hydrogens is 355 g/mol. The molecule has 0 aliphatic rings. The molecule has 0 heterocycles. The van der Waals surface area contributed by atoms with E-state index in [2.05, 4.69) is 16.6 Å². The van der Waals surface area contributed by atoms with Crippen LogP contribution in [-0.2, 0) is 10.0 Å². The standard InChI is InChI=1S/C16H14ClFN2O3S/c1-2-9-19-16(21)11-3-8-14(17)15(10-11)20-24(22,23)13-6-4-12(18)5-7-13/h2-8,10,20H,1,9H2,(H,19,21). The Morgan fingerprint density at radius 1 is 1.21 bits per heavy atom. The number of hydrogen-bond donors (Lipinski definition) is 2. The molecule has 2 aromatic carbocycles. The van der Waals surface area contributed by atoms with Gasteiger partial charge in [-0.1, -0.05) is 17.7 Å². The van der Waals surface area contributed by atoms with Crippen molar-refractivity contribution in [3.05, 3.63) is 71.5 Å². The first-order valence-corrected chi connectivity index (χ1v) is 8.66. The second-order valence-corrected chi connectivity index (χ2v) is 6.84. The minimum Gasteiger partial charge on any atom is -0.349 e. The quantitative estimate of drug-likeness (QED) is 0.769. The summed E-state index contributed by atoms with van der Waals surface area (Å²) in [5.41, 5.74) is 0.283. The third-order valence-corrected chi connectivity index (χ3v) is 4.71. The number of rotatable bonds is 6. The Hall–Kier alpha value is -2.38. The zero-order chi connectivity index (χ0) is 17.7. The van der Waals surface area contributed by atoms with Gasteiger partial charge in [-0.05, 0) is 42.5 Å². The fourth-order valence-electron chi connectivity index (χ4n) is 1.83. The van der Waals surface area contributed by atoms with Crippen LogP contribution >= 0.6 is 11.6 Å². The highest BCUT2D eigenvalue weighted by molar-refractivity contribution is 7.92. The van der Waals surface area contributed by atoms with Crippen LogP contribution in [0.5, 0.6) is 0 Å². The summed E-state index contributed by atoms with van der Waals surface area (Å²) in [6, 6.07) is 8.54. The summed E-state index contributed by atoms with van der Waals surface area (Å²) in [5, 5.41) is 2.70. The van der Waals surface area contributed by atoms with Gasteiger partial charge in [0.25, 0.3) is 15.9 Å². The van der Waals surface area contributed by atoms with E-state index in [-0.39, 0.29) is 27.7 Å². The minimum atomic E-state index is -3.96. The maximum atomic E-state index is 12.9. The number of nitrogens with one attached hydrogen (secondary N) is 2. The Labute approximate surface area is 144 Å². The van der Waals surface area contributed by atoms with Gasteiger partial charge in [0.15, 0.2) is 0 Å². The molecule has 2 rings (SSSR count). The second-order valence-electron chi connectivity index (χ2n) is 4.75. The van der Waals surface area contributed by atoms with Gasteiger partial charge < -0.3 is 5.32 Å². The number of amides is 1. The molecule has 0 saturated heterocycles. The highest BCUT2D eigenvalue weighted by Gasteiger charge is 2.17. The Morgan fingerprint density at radius 2 is 1.88 bits per heavy atom. The van der Waals surface area contributed by atoms with Gasteiger partial charge in [0.2, 0.25) is 0 Å². The molecule has 0 spiro atoms. The van der Waals surface area contributed by atoms with E-state index in [0.29, 0.717) is 0 Å². The molecule has 0 unspecified atom stereocenters. The van der Waals surface area contributed by atoms with Gasteiger partial charge in [0.1, 0.15) is 5.82 Å². The van der Waals surface area contributed by atoms with Crippen molar-refractivity contribution in [2.45, 2.75) is 4.90 Å². The van der Waals surface area contributed by atoms with E-state index in [1.54, 1.807) is 0 Å². The van der Waals surface area contributed by atoms with Gasteiger partial charge in [-0.15, -0.1) is 6.58 Å². The molecule has 126 valence electrons. The smallest absolute Gasteiger partial charge is 0.261 e. The van der Waals surface area contributed by atoms with E-state index >= 15 is 0 Å². The molecule has 24 heavy (non-hydrogen) atoms. The van der Waals surface area contributed by atoms with Crippen LogP contribution in [0.25, 0.3) is 0 Å². The molecule has 0 fully saturated rings. The first-order valence-electron chi connectivity index (χ1n) is 6.80.